The Morgan fingerprint density at radius 1 is 1.12 bits per heavy atom. The number of hydrogen-bond acceptors (Lipinski definition) is 5. The molecular formula is C18H14N4OS2. The largest absolute Gasteiger partial charge is 0.333 e. The van der Waals surface area contributed by atoms with Gasteiger partial charge in [-0.2, -0.15) is 0 Å². The lowest BCUT2D eigenvalue weighted by Gasteiger charge is -1.99. The Labute approximate surface area is 152 Å². The molecule has 2 N–H and O–H groups in total. The predicted octanol–water partition coefficient (Wildman–Crippen LogP) is 4.42. The van der Waals surface area contributed by atoms with E-state index in [1.807, 2.05) is 54.6 Å². The first-order valence-corrected chi connectivity index (χ1v) is 9.47. The molecule has 0 atom stereocenters. The molecule has 0 unspecified atom stereocenters. The van der Waals surface area contributed by atoms with E-state index in [0.29, 0.717) is 5.13 Å². The molecule has 0 radical (unpaired) electrons. The van der Waals surface area contributed by atoms with Crippen molar-refractivity contribution in [2.45, 2.75) is 5.16 Å². The smallest absolute Gasteiger partial charge is 0.236 e. The van der Waals surface area contributed by atoms with E-state index in [1.54, 1.807) is 6.20 Å². The minimum absolute atomic E-state index is 0.0978. The van der Waals surface area contributed by atoms with Crippen molar-refractivity contribution in [1.29, 1.82) is 0 Å². The summed E-state index contributed by atoms with van der Waals surface area (Å²) in [6, 6.07) is 17.8. The number of carbonyl (C=O) groups is 1. The highest BCUT2D eigenvalue weighted by atomic mass is 32.2. The number of thiazole rings is 1. The van der Waals surface area contributed by atoms with Gasteiger partial charge in [0.05, 0.1) is 21.7 Å². The van der Waals surface area contributed by atoms with Crippen molar-refractivity contribution in [1.82, 2.24) is 15.0 Å². The van der Waals surface area contributed by atoms with Crippen LogP contribution < -0.4 is 5.32 Å². The molecular weight excluding hydrogens is 352 g/mol. The Kier molecular flexibility index (Phi) is 4.49. The summed E-state index contributed by atoms with van der Waals surface area (Å²) in [5.74, 6) is 0.180. The highest BCUT2D eigenvalue weighted by Gasteiger charge is 2.10. The maximum absolute atomic E-state index is 12.1. The van der Waals surface area contributed by atoms with Gasteiger partial charge < -0.3 is 10.3 Å². The second-order valence-corrected chi connectivity index (χ2v) is 7.29. The van der Waals surface area contributed by atoms with Crippen LogP contribution >= 0.6 is 23.1 Å². The molecule has 7 heteroatoms. The highest BCUT2D eigenvalue weighted by molar-refractivity contribution is 7.99. The number of nitrogens with one attached hydrogen (secondary N) is 2. The average molecular weight is 366 g/mol. The zero-order chi connectivity index (χ0) is 17.1. The van der Waals surface area contributed by atoms with Gasteiger partial charge >= 0.3 is 0 Å². The van der Waals surface area contributed by atoms with E-state index >= 15 is 0 Å². The number of thioether (sulfide) groups is 1. The minimum Gasteiger partial charge on any atom is -0.333 e. The number of fused-ring (bicyclic) bond motifs is 1. The van der Waals surface area contributed by atoms with Crippen LogP contribution in [0.2, 0.25) is 0 Å². The lowest BCUT2D eigenvalue weighted by atomic mass is 10.2. The van der Waals surface area contributed by atoms with E-state index in [0.717, 1.165) is 26.6 Å². The van der Waals surface area contributed by atoms with Crippen molar-refractivity contribution in [2.24, 2.45) is 0 Å². The van der Waals surface area contributed by atoms with Crippen molar-refractivity contribution >= 4 is 45.2 Å². The Morgan fingerprint density at radius 2 is 1.92 bits per heavy atom. The summed E-state index contributed by atoms with van der Waals surface area (Å²) in [4.78, 5) is 25.1. The van der Waals surface area contributed by atoms with Gasteiger partial charge in [0, 0.05) is 6.20 Å². The number of aromatic nitrogens is 3. The van der Waals surface area contributed by atoms with Crippen LogP contribution in [0.25, 0.3) is 21.5 Å². The third-order valence-electron chi connectivity index (χ3n) is 3.52. The zero-order valence-corrected chi connectivity index (χ0v) is 14.7. The predicted molar refractivity (Wildman–Crippen MR) is 103 cm³/mol. The molecule has 0 spiro atoms. The first-order chi connectivity index (χ1) is 12.3. The van der Waals surface area contributed by atoms with Crippen LogP contribution in [-0.2, 0) is 4.79 Å². The van der Waals surface area contributed by atoms with E-state index in [2.05, 4.69) is 20.3 Å². The number of benzene rings is 2. The van der Waals surface area contributed by atoms with Gasteiger partial charge in [0.2, 0.25) is 5.91 Å². The van der Waals surface area contributed by atoms with E-state index in [4.69, 9.17) is 0 Å². The van der Waals surface area contributed by atoms with Gasteiger partial charge in [-0.25, -0.2) is 9.97 Å². The number of imidazole rings is 1. The molecule has 0 aliphatic heterocycles. The standard InChI is InChI=1S/C18H14N4OS2/c23-16(11-24-18-20-13-8-4-5-9-14(13)21-18)22-17-19-10-15(25-17)12-6-2-1-3-7-12/h1-10H,11H2,(H,20,21)(H,19,22,23). The van der Waals surface area contributed by atoms with Crippen LogP contribution in [0.1, 0.15) is 0 Å². The Morgan fingerprint density at radius 3 is 2.76 bits per heavy atom. The molecule has 0 saturated carbocycles. The fourth-order valence-corrected chi connectivity index (χ4v) is 3.88. The van der Waals surface area contributed by atoms with Crippen LogP contribution in [-0.4, -0.2) is 26.6 Å². The van der Waals surface area contributed by atoms with Crippen molar-refractivity contribution in [3.05, 3.63) is 60.8 Å². The lowest BCUT2D eigenvalue weighted by molar-refractivity contribution is -0.113. The van der Waals surface area contributed by atoms with E-state index < -0.39 is 0 Å². The molecule has 25 heavy (non-hydrogen) atoms. The number of nitrogens with zero attached hydrogens (tertiary/aromatic N) is 2. The van der Waals surface area contributed by atoms with E-state index in [1.165, 1.54) is 23.1 Å². The minimum atomic E-state index is -0.0978. The fraction of sp³-hybridized carbons (Fsp3) is 0.0556. The van der Waals surface area contributed by atoms with Gasteiger partial charge in [-0.15, -0.1) is 0 Å². The van der Waals surface area contributed by atoms with Crippen molar-refractivity contribution in [3.63, 3.8) is 0 Å². The van der Waals surface area contributed by atoms with Gasteiger partial charge in [0.25, 0.3) is 0 Å². The molecule has 2 aromatic carbocycles. The van der Waals surface area contributed by atoms with Gasteiger partial charge in [0.15, 0.2) is 10.3 Å². The quantitative estimate of drug-likeness (QED) is 0.513. The van der Waals surface area contributed by atoms with Crippen molar-refractivity contribution in [3.8, 4) is 10.4 Å². The summed E-state index contributed by atoms with van der Waals surface area (Å²) < 4.78 is 0. The summed E-state index contributed by atoms with van der Waals surface area (Å²) in [5.41, 5.74) is 2.97. The average Bonchev–Trinajstić information content (AvgIpc) is 3.27. The monoisotopic (exact) mass is 366 g/mol. The number of aromatic amines is 1. The molecule has 0 bridgehead atoms. The third-order valence-corrected chi connectivity index (χ3v) is 5.35. The molecule has 124 valence electrons. The lowest BCUT2D eigenvalue weighted by Crippen LogP contribution is -2.13. The van der Waals surface area contributed by atoms with Crippen LogP contribution in [0, 0.1) is 0 Å². The second kappa shape index (κ2) is 7.08. The van der Waals surface area contributed by atoms with Gasteiger partial charge in [-0.05, 0) is 17.7 Å². The summed E-state index contributed by atoms with van der Waals surface area (Å²) in [7, 11) is 0. The molecule has 0 aliphatic carbocycles. The van der Waals surface area contributed by atoms with Gasteiger partial charge in [0.1, 0.15) is 0 Å². The number of H-pyrrole nitrogens is 1. The summed E-state index contributed by atoms with van der Waals surface area (Å²) in [6.45, 7) is 0. The van der Waals surface area contributed by atoms with Crippen LogP contribution in [0.3, 0.4) is 0 Å². The Balaban J connectivity index is 1.37. The molecule has 0 fully saturated rings. The number of rotatable bonds is 5. The topological polar surface area (TPSA) is 70.7 Å². The number of anilines is 1. The number of amides is 1. The summed E-state index contributed by atoms with van der Waals surface area (Å²) in [6.07, 6.45) is 1.78. The second-order valence-electron chi connectivity index (χ2n) is 5.29. The molecule has 5 nitrogen and oxygen atoms in total. The SMILES string of the molecule is O=C(CSc1nc2ccccc2[nH]1)Nc1ncc(-c2ccccc2)s1. The third kappa shape index (κ3) is 3.72. The maximum atomic E-state index is 12.1. The number of para-hydroxylation sites is 2. The van der Waals surface area contributed by atoms with Crippen molar-refractivity contribution < 1.29 is 4.79 Å². The van der Waals surface area contributed by atoms with Crippen LogP contribution in [0.4, 0.5) is 5.13 Å². The highest BCUT2D eigenvalue weighted by Crippen LogP contribution is 2.28. The Hall–Kier alpha value is -2.64. The van der Waals surface area contributed by atoms with Gasteiger partial charge in [-0.3, -0.25) is 4.79 Å². The molecule has 2 heterocycles. The Bertz CT molecular complexity index is 977. The van der Waals surface area contributed by atoms with E-state index in [-0.39, 0.29) is 11.7 Å². The van der Waals surface area contributed by atoms with E-state index in [9.17, 15) is 4.79 Å². The zero-order valence-electron chi connectivity index (χ0n) is 13.1. The summed E-state index contributed by atoms with van der Waals surface area (Å²) >= 11 is 2.84. The van der Waals surface area contributed by atoms with Crippen LogP contribution in [0.15, 0.2) is 66.0 Å². The fourth-order valence-electron chi connectivity index (χ4n) is 2.35. The maximum Gasteiger partial charge on any atom is 0.236 e. The molecule has 0 aliphatic rings. The number of carbonyl (C=O) groups excluding carboxylic acids is 1. The molecule has 1 amide bonds. The molecule has 2 aromatic heterocycles. The first-order valence-electron chi connectivity index (χ1n) is 7.66. The van der Waals surface area contributed by atoms with Crippen molar-refractivity contribution in [2.75, 3.05) is 11.1 Å². The van der Waals surface area contributed by atoms with Gasteiger partial charge in [-0.1, -0.05) is 65.6 Å². The normalized spacial score (nSPS) is 10.9. The first kappa shape index (κ1) is 15.9. The molecule has 4 rings (SSSR count). The van der Waals surface area contributed by atoms with Crippen LogP contribution in [0.5, 0.6) is 0 Å². The summed E-state index contributed by atoms with van der Waals surface area (Å²) in [5, 5.41) is 4.18. The molecule has 4 aromatic rings. The number of hydrogen-bond donors (Lipinski definition) is 2. The molecule has 0 saturated heterocycles.